The number of aryl methyl sites for hydroxylation is 1. The fourth-order valence-electron chi connectivity index (χ4n) is 3.54. The Balaban J connectivity index is 1.52. The molecule has 0 radical (unpaired) electrons. The quantitative estimate of drug-likeness (QED) is 0.561. The van der Waals surface area contributed by atoms with Gasteiger partial charge in [-0.2, -0.15) is 0 Å². The molecule has 2 fully saturated rings. The molecule has 2 aliphatic rings. The molecule has 2 aliphatic heterocycles. The minimum absolute atomic E-state index is 0.217. The number of hydrogen-bond donors (Lipinski definition) is 0. The van der Waals surface area contributed by atoms with Crippen LogP contribution in [0.25, 0.3) is 6.08 Å². The monoisotopic (exact) mass is 456 g/mol. The van der Waals surface area contributed by atoms with Crippen LogP contribution in [0.5, 0.6) is 0 Å². The van der Waals surface area contributed by atoms with E-state index in [1.807, 2.05) is 36.4 Å². The topological polar surface area (TPSA) is 40.6 Å². The number of imide groups is 1. The fraction of sp³-hybridized carbons (Fsp3) is 0.273. The van der Waals surface area contributed by atoms with Crippen molar-refractivity contribution in [3.63, 3.8) is 0 Å². The minimum Gasteiger partial charge on any atom is -0.372 e. The Morgan fingerprint density at radius 1 is 1.07 bits per heavy atom. The van der Waals surface area contributed by atoms with E-state index >= 15 is 0 Å². The van der Waals surface area contributed by atoms with Crippen molar-refractivity contribution in [2.75, 3.05) is 18.0 Å². The second-order valence-electron chi connectivity index (χ2n) is 7.13. The highest BCUT2D eigenvalue weighted by molar-refractivity contribution is 9.10. The summed E-state index contributed by atoms with van der Waals surface area (Å²) in [7, 11) is 0. The summed E-state index contributed by atoms with van der Waals surface area (Å²) in [6, 6.07) is 14.0. The van der Waals surface area contributed by atoms with E-state index in [0.29, 0.717) is 11.4 Å². The van der Waals surface area contributed by atoms with Crippen molar-refractivity contribution in [1.29, 1.82) is 0 Å². The van der Waals surface area contributed by atoms with Crippen LogP contribution in [0.4, 0.5) is 10.5 Å². The summed E-state index contributed by atoms with van der Waals surface area (Å²) in [5, 5.41) is -0.217. The third kappa shape index (κ3) is 4.03. The van der Waals surface area contributed by atoms with Crippen LogP contribution in [0.15, 0.2) is 51.8 Å². The van der Waals surface area contributed by atoms with Crippen LogP contribution >= 0.6 is 27.7 Å². The first kappa shape index (κ1) is 19.3. The molecule has 2 saturated heterocycles. The molecule has 2 aromatic rings. The average molecular weight is 457 g/mol. The van der Waals surface area contributed by atoms with E-state index in [2.05, 4.69) is 39.9 Å². The van der Waals surface area contributed by atoms with Crippen LogP contribution in [-0.2, 0) is 11.3 Å². The molecule has 4 nitrogen and oxygen atoms in total. The van der Waals surface area contributed by atoms with E-state index in [4.69, 9.17) is 0 Å². The zero-order valence-corrected chi connectivity index (χ0v) is 18.1. The van der Waals surface area contributed by atoms with Crippen LogP contribution in [0.3, 0.4) is 0 Å². The Labute approximate surface area is 177 Å². The highest BCUT2D eigenvalue weighted by Crippen LogP contribution is 2.34. The molecule has 144 valence electrons. The Morgan fingerprint density at radius 2 is 1.79 bits per heavy atom. The van der Waals surface area contributed by atoms with E-state index in [9.17, 15) is 9.59 Å². The third-order valence-electron chi connectivity index (χ3n) is 5.14. The molecule has 2 aromatic carbocycles. The maximum Gasteiger partial charge on any atom is 0.293 e. The number of nitrogens with zero attached hydrogens (tertiary/aromatic N) is 2. The van der Waals surface area contributed by atoms with Crippen molar-refractivity contribution in [1.82, 2.24) is 4.90 Å². The lowest BCUT2D eigenvalue weighted by Crippen LogP contribution is -2.27. The molecule has 6 heteroatoms. The predicted octanol–water partition coefficient (Wildman–Crippen LogP) is 5.59. The normalized spacial score (nSPS) is 18.6. The number of benzene rings is 2. The summed E-state index contributed by atoms with van der Waals surface area (Å²) in [5.41, 5.74) is 4.26. The fourth-order valence-corrected chi connectivity index (χ4v) is 4.64. The standard InChI is InChI=1S/C22H21BrN2O2S/c1-15-12-19(24-10-2-3-11-24)9-6-17(15)13-20-21(26)25(22(27)28-20)14-16-4-7-18(23)8-5-16/h4-9,12-13H,2-3,10-11,14H2,1H3. The van der Waals surface area contributed by atoms with Crippen molar-refractivity contribution in [3.8, 4) is 0 Å². The van der Waals surface area contributed by atoms with Gasteiger partial charge in [-0.3, -0.25) is 14.5 Å². The zero-order chi connectivity index (χ0) is 19.7. The molecule has 4 rings (SSSR count). The predicted molar refractivity (Wildman–Crippen MR) is 118 cm³/mol. The number of thioether (sulfide) groups is 1. The molecular formula is C22H21BrN2O2S. The van der Waals surface area contributed by atoms with Crippen LogP contribution in [0.1, 0.15) is 29.5 Å². The van der Waals surface area contributed by atoms with Crippen LogP contribution < -0.4 is 4.90 Å². The second kappa shape index (κ2) is 8.13. The van der Waals surface area contributed by atoms with Crippen molar-refractivity contribution < 1.29 is 9.59 Å². The first-order chi connectivity index (χ1) is 13.5. The summed E-state index contributed by atoms with van der Waals surface area (Å²) >= 11 is 4.41. The number of amides is 2. The van der Waals surface area contributed by atoms with Gasteiger partial charge in [-0.1, -0.05) is 34.1 Å². The van der Waals surface area contributed by atoms with Crippen LogP contribution in [-0.4, -0.2) is 29.1 Å². The Hall–Kier alpha value is -2.05. The van der Waals surface area contributed by atoms with Crippen molar-refractivity contribution in [3.05, 3.63) is 68.5 Å². The number of carbonyl (C=O) groups is 2. The summed E-state index contributed by atoms with van der Waals surface area (Å²) in [6.45, 7) is 4.56. The van der Waals surface area contributed by atoms with Crippen LogP contribution in [0.2, 0.25) is 0 Å². The first-order valence-electron chi connectivity index (χ1n) is 9.37. The lowest BCUT2D eigenvalue weighted by molar-refractivity contribution is -0.123. The minimum atomic E-state index is -0.221. The Kier molecular flexibility index (Phi) is 5.60. The van der Waals surface area contributed by atoms with Gasteiger partial charge in [-0.05, 0) is 78.6 Å². The maximum atomic E-state index is 12.8. The van der Waals surface area contributed by atoms with Gasteiger partial charge in [0.1, 0.15) is 0 Å². The zero-order valence-electron chi connectivity index (χ0n) is 15.7. The maximum absolute atomic E-state index is 12.8. The molecule has 0 aromatic heterocycles. The van der Waals surface area contributed by atoms with Crippen molar-refractivity contribution >= 4 is 50.6 Å². The van der Waals surface area contributed by atoms with Gasteiger partial charge >= 0.3 is 0 Å². The number of hydrogen-bond acceptors (Lipinski definition) is 4. The molecule has 0 saturated carbocycles. The van der Waals surface area contributed by atoms with Gasteiger partial charge in [0.15, 0.2) is 0 Å². The molecule has 0 N–H and O–H groups in total. The average Bonchev–Trinajstić information content (AvgIpc) is 3.30. The van der Waals surface area contributed by atoms with Crippen LogP contribution in [0, 0.1) is 6.92 Å². The summed E-state index contributed by atoms with van der Waals surface area (Å²) in [5.74, 6) is -0.221. The Morgan fingerprint density at radius 3 is 2.46 bits per heavy atom. The van der Waals surface area contributed by atoms with Gasteiger partial charge in [0.05, 0.1) is 11.4 Å². The summed E-state index contributed by atoms with van der Waals surface area (Å²) in [6.07, 6.45) is 4.33. The second-order valence-corrected chi connectivity index (χ2v) is 9.04. The molecule has 0 spiro atoms. The molecule has 0 bridgehead atoms. The first-order valence-corrected chi connectivity index (χ1v) is 11.0. The molecule has 0 atom stereocenters. The van der Waals surface area contributed by atoms with Gasteiger partial charge in [-0.15, -0.1) is 0 Å². The number of anilines is 1. The number of halogens is 1. The lowest BCUT2D eigenvalue weighted by Gasteiger charge is -2.18. The van der Waals surface area contributed by atoms with E-state index < -0.39 is 0 Å². The lowest BCUT2D eigenvalue weighted by atomic mass is 10.1. The Bertz CT molecular complexity index is 950. The molecular weight excluding hydrogens is 436 g/mol. The van der Waals surface area contributed by atoms with Gasteiger partial charge in [0, 0.05) is 23.2 Å². The largest absolute Gasteiger partial charge is 0.372 e. The third-order valence-corrected chi connectivity index (χ3v) is 6.57. The van der Waals surface area contributed by atoms with E-state index in [0.717, 1.165) is 46.0 Å². The molecule has 2 amide bonds. The van der Waals surface area contributed by atoms with E-state index in [1.54, 1.807) is 0 Å². The molecule has 28 heavy (non-hydrogen) atoms. The smallest absolute Gasteiger partial charge is 0.293 e. The molecule has 2 heterocycles. The number of carbonyl (C=O) groups excluding carboxylic acids is 2. The van der Waals surface area contributed by atoms with Gasteiger partial charge in [0.25, 0.3) is 11.1 Å². The summed E-state index contributed by atoms with van der Waals surface area (Å²) < 4.78 is 0.970. The SMILES string of the molecule is Cc1cc(N2CCCC2)ccc1C=C1SC(=O)N(Cc2ccc(Br)cc2)C1=O. The van der Waals surface area contributed by atoms with E-state index in [1.165, 1.54) is 23.4 Å². The highest BCUT2D eigenvalue weighted by Gasteiger charge is 2.35. The number of rotatable bonds is 4. The summed E-state index contributed by atoms with van der Waals surface area (Å²) in [4.78, 5) is 29.3. The van der Waals surface area contributed by atoms with Gasteiger partial charge in [0.2, 0.25) is 0 Å². The van der Waals surface area contributed by atoms with Gasteiger partial charge in [-0.25, -0.2) is 0 Å². The van der Waals surface area contributed by atoms with Crippen molar-refractivity contribution in [2.45, 2.75) is 26.3 Å². The highest BCUT2D eigenvalue weighted by atomic mass is 79.9. The molecule has 0 unspecified atom stereocenters. The van der Waals surface area contributed by atoms with E-state index in [-0.39, 0.29) is 11.1 Å². The van der Waals surface area contributed by atoms with Gasteiger partial charge < -0.3 is 4.90 Å². The molecule has 0 aliphatic carbocycles. The van der Waals surface area contributed by atoms with Crippen molar-refractivity contribution in [2.24, 2.45) is 0 Å².